The van der Waals surface area contributed by atoms with Gasteiger partial charge in [0.1, 0.15) is 0 Å². The van der Waals surface area contributed by atoms with Gasteiger partial charge in [-0.15, -0.1) is 22.7 Å². The molecule has 3 rings (SSSR count). The summed E-state index contributed by atoms with van der Waals surface area (Å²) in [4.78, 5) is 16.4. The Hall–Kier alpha value is -0.720. The molecule has 6 heteroatoms. The number of carboxylic acid groups (broad SMARTS) is 1. The number of carboxylic acids is 1. The van der Waals surface area contributed by atoms with Gasteiger partial charge in [0.05, 0.1) is 25.3 Å². The normalized spacial score (nSPS) is 22.6. The molecule has 17 heavy (non-hydrogen) atoms. The molecule has 2 aromatic heterocycles. The predicted octanol–water partition coefficient (Wildman–Crippen LogP) is 3.82. The van der Waals surface area contributed by atoms with Gasteiger partial charge < -0.3 is 5.11 Å². The number of carbonyl (C=O) groups is 1. The number of thiophene rings is 1. The summed E-state index contributed by atoms with van der Waals surface area (Å²) in [7, 11) is 0. The second-order valence-corrected chi connectivity index (χ2v) is 7.31. The summed E-state index contributed by atoms with van der Waals surface area (Å²) in [6.45, 7) is 0. The van der Waals surface area contributed by atoms with Gasteiger partial charge in [-0.05, 0) is 34.5 Å². The maximum atomic E-state index is 10.8. The number of nitrogens with zero attached hydrogens (tertiary/aromatic N) is 1. The van der Waals surface area contributed by atoms with Crippen LogP contribution in [0.2, 0.25) is 0 Å². The Bertz CT molecular complexity index is 578. The van der Waals surface area contributed by atoms with Crippen molar-refractivity contribution in [3.63, 3.8) is 0 Å². The third-order valence-electron chi connectivity index (χ3n) is 2.77. The molecule has 0 radical (unpaired) electrons. The van der Waals surface area contributed by atoms with E-state index in [-0.39, 0.29) is 11.8 Å². The SMILES string of the molecule is O=C(O)C1CC1c1nc(-c2ccc(Br)s2)cs1. The van der Waals surface area contributed by atoms with Crippen molar-refractivity contribution in [3.8, 4) is 10.6 Å². The van der Waals surface area contributed by atoms with Crippen LogP contribution < -0.4 is 0 Å². The molecular formula is C11H8BrNO2S2. The predicted molar refractivity (Wildman–Crippen MR) is 71.6 cm³/mol. The van der Waals surface area contributed by atoms with Crippen LogP contribution in [0.1, 0.15) is 17.3 Å². The highest BCUT2D eigenvalue weighted by atomic mass is 79.9. The van der Waals surface area contributed by atoms with Gasteiger partial charge in [-0.1, -0.05) is 0 Å². The first-order valence-electron chi connectivity index (χ1n) is 5.09. The second kappa shape index (κ2) is 4.19. The van der Waals surface area contributed by atoms with Gasteiger partial charge in [0.2, 0.25) is 0 Å². The fraction of sp³-hybridized carbons (Fsp3) is 0.273. The molecule has 88 valence electrons. The Kier molecular flexibility index (Phi) is 2.80. The molecule has 0 aromatic carbocycles. The van der Waals surface area contributed by atoms with Crippen LogP contribution in [0.4, 0.5) is 0 Å². The molecule has 2 heterocycles. The third kappa shape index (κ3) is 2.17. The molecule has 1 aliphatic rings. The van der Waals surface area contributed by atoms with E-state index < -0.39 is 5.97 Å². The molecule has 0 spiro atoms. The van der Waals surface area contributed by atoms with Gasteiger partial charge in [0, 0.05) is 11.3 Å². The largest absolute Gasteiger partial charge is 0.481 e. The maximum absolute atomic E-state index is 10.8. The van der Waals surface area contributed by atoms with E-state index in [1.54, 1.807) is 22.7 Å². The molecule has 0 amide bonds. The average Bonchev–Trinajstić information content (AvgIpc) is 2.74. The molecule has 1 saturated carbocycles. The quantitative estimate of drug-likeness (QED) is 0.931. The fourth-order valence-corrected chi connectivity index (χ4v) is 4.18. The van der Waals surface area contributed by atoms with Gasteiger partial charge >= 0.3 is 5.97 Å². The highest BCUT2D eigenvalue weighted by Crippen LogP contribution is 2.49. The summed E-state index contributed by atoms with van der Waals surface area (Å²) in [5.41, 5.74) is 0.955. The molecule has 2 atom stereocenters. The van der Waals surface area contributed by atoms with Crippen LogP contribution in [0.5, 0.6) is 0 Å². The Morgan fingerprint density at radius 1 is 1.53 bits per heavy atom. The summed E-state index contributed by atoms with van der Waals surface area (Å²) in [6, 6.07) is 4.02. The van der Waals surface area contributed by atoms with E-state index in [1.165, 1.54) is 0 Å². The Morgan fingerprint density at radius 2 is 2.35 bits per heavy atom. The summed E-state index contributed by atoms with van der Waals surface area (Å²) in [6.07, 6.45) is 0.733. The van der Waals surface area contributed by atoms with Crippen LogP contribution in [0, 0.1) is 5.92 Å². The second-order valence-electron chi connectivity index (χ2n) is 3.96. The fourth-order valence-electron chi connectivity index (χ4n) is 1.76. The lowest BCUT2D eigenvalue weighted by atomic mass is 10.3. The number of halogens is 1. The summed E-state index contributed by atoms with van der Waals surface area (Å²) in [5, 5.41) is 11.8. The van der Waals surface area contributed by atoms with Gasteiger partial charge in [-0.3, -0.25) is 4.79 Å². The van der Waals surface area contributed by atoms with E-state index in [2.05, 4.69) is 20.9 Å². The standard InChI is InChI=1S/C11H8BrNO2S2/c12-9-2-1-8(17-9)7-4-16-10(13-7)5-3-6(5)11(14)15/h1-2,4-6H,3H2,(H,14,15). The van der Waals surface area contributed by atoms with E-state index in [1.807, 2.05) is 17.5 Å². The minimum atomic E-state index is -0.703. The van der Waals surface area contributed by atoms with Gasteiger partial charge in [-0.2, -0.15) is 0 Å². The molecule has 0 aliphatic heterocycles. The minimum absolute atomic E-state index is 0.134. The van der Waals surface area contributed by atoms with E-state index in [9.17, 15) is 4.79 Å². The summed E-state index contributed by atoms with van der Waals surface area (Å²) < 4.78 is 1.08. The van der Waals surface area contributed by atoms with Crippen LogP contribution in [0.15, 0.2) is 21.3 Å². The topological polar surface area (TPSA) is 50.2 Å². The van der Waals surface area contributed by atoms with Gasteiger partial charge in [0.25, 0.3) is 0 Å². The van der Waals surface area contributed by atoms with Crippen molar-refractivity contribution >= 4 is 44.6 Å². The Balaban J connectivity index is 1.82. The molecular weight excluding hydrogens is 322 g/mol. The first-order valence-corrected chi connectivity index (χ1v) is 7.58. The van der Waals surface area contributed by atoms with Crippen molar-refractivity contribution < 1.29 is 9.90 Å². The Morgan fingerprint density at radius 3 is 2.94 bits per heavy atom. The molecule has 2 aromatic rings. The maximum Gasteiger partial charge on any atom is 0.307 e. The monoisotopic (exact) mass is 329 g/mol. The van der Waals surface area contributed by atoms with Crippen molar-refractivity contribution in [2.24, 2.45) is 5.92 Å². The van der Waals surface area contributed by atoms with Crippen molar-refractivity contribution in [2.45, 2.75) is 12.3 Å². The van der Waals surface area contributed by atoms with Crippen LogP contribution >= 0.6 is 38.6 Å². The zero-order valence-corrected chi connectivity index (χ0v) is 11.8. The lowest BCUT2D eigenvalue weighted by Gasteiger charge is -1.90. The lowest BCUT2D eigenvalue weighted by Crippen LogP contribution is -1.98. The number of rotatable bonds is 3. The molecule has 1 aliphatic carbocycles. The van der Waals surface area contributed by atoms with E-state index in [4.69, 9.17) is 5.11 Å². The van der Waals surface area contributed by atoms with Crippen LogP contribution in [-0.2, 0) is 4.79 Å². The molecule has 2 unspecified atom stereocenters. The van der Waals surface area contributed by atoms with E-state index in [0.29, 0.717) is 0 Å². The average molecular weight is 330 g/mol. The van der Waals surface area contributed by atoms with Gasteiger partial charge in [0.15, 0.2) is 0 Å². The van der Waals surface area contributed by atoms with E-state index in [0.717, 1.165) is 25.8 Å². The molecule has 3 nitrogen and oxygen atoms in total. The van der Waals surface area contributed by atoms with Crippen molar-refractivity contribution in [1.82, 2.24) is 4.98 Å². The Labute approximate surface area is 114 Å². The smallest absolute Gasteiger partial charge is 0.307 e. The minimum Gasteiger partial charge on any atom is -0.481 e. The molecule has 1 fully saturated rings. The molecule has 0 saturated heterocycles. The number of thiazole rings is 1. The first kappa shape index (κ1) is 11.4. The number of hydrogen-bond acceptors (Lipinski definition) is 4. The van der Waals surface area contributed by atoms with Crippen LogP contribution in [-0.4, -0.2) is 16.1 Å². The highest BCUT2D eigenvalue weighted by molar-refractivity contribution is 9.11. The summed E-state index contributed by atoms with van der Waals surface area (Å²) in [5.74, 6) is -0.788. The summed E-state index contributed by atoms with van der Waals surface area (Å²) >= 11 is 6.62. The number of aromatic nitrogens is 1. The van der Waals surface area contributed by atoms with Gasteiger partial charge in [-0.25, -0.2) is 4.98 Å². The zero-order valence-electron chi connectivity index (χ0n) is 8.59. The first-order chi connectivity index (χ1) is 8.15. The highest BCUT2D eigenvalue weighted by Gasteiger charge is 2.46. The van der Waals surface area contributed by atoms with Crippen LogP contribution in [0.3, 0.4) is 0 Å². The van der Waals surface area contributed by atoms with Crippen molar-refractivity contribution in [2.75, 3.05) is 0 Å². The van der Waals surface area contributed by atoms with E-state index >= 15 is 0 Å². The lowest BCUT2D eigenvalue weighted by molar-refractivity contribution is -0.138. The molecule has 0 bridgehead atoms. The molecule has 1 N–H and O–H groups in total. The third-order valence-corrected chi connectivity index (χ3v) is 5.40. The van der Waals surface area contributed by atoms with Crippen molar-refractivity contribution in [3.05, 3.63) is 26.3 Å². The zero-order chi connectivity index (χ0) is 12.0. The van der Waals surface area contributed by atoms with Crippen molar-refractivity contribution in [1.29, 1.82) is 0 Å². The van der Waals surface area contributed by atoms with Crippen LogP contribution in [0.25, 0.3) is 10.6 Å². The number of aliphatic carboxylic acids is 1. The number of hydrogen-bond donors (Lipinski definition) is 1.